The van der Waals surface area contributed by atoms with Gasteiger partial charge in [-0.3, -0.25) is 14.4 Å². The number of ketones is 1. The van der Waals surface area contributed by atoms with E-state index in [-0.39, 0.29) is 24.7 Å². The van der Waals surface area contributed by atoms with E-state index in [4.69, 9.17) is 4.74 Å². The Morgan fingerprint density at radius 3 is 2.42 bits per heavy atom. The number of carbonyl (C=O) groups excluding carboxylic acids is 3. The molecule has 2 aromatic carbocycles. The number of rotatable bonds is 5. The number of ether oxygens (including phenoxy) is 1. The van der Waals surface area contributed by atoms with Gasteiger partial charge in [0.25, 0.3) is 0 Å². The minimum absolute atomic E-state index is 0.0845. The second kappa shape index (κ2) is 7.83. The van der Waals surface area contributed by atoms with E-state index < -0.39 is 18.0 Å². The first-order valence-electron chi connectivity index (χ1n) is 8.31. The summed E-state index contributed by atoms with van der Waals surface area (Å²) in [5, 5.41) is 0. The van der Waals surface area contributed by atoms with Crippen molar-refractivity contribution in [2.45, 2.75) is 19.4 Å². The summed E-state index contributed by atoms with van der Waals surface area (Å²) < 4.78 is 6.24. The molecule has 3 rings (SSSR count). The van der Waals surface area contributed by atoms with Crippen molar-refractivity contribution in [2.75, 3.05) is 11.4 Å². The van der Waals surface area contributed by atoms with Crippen LogP contribution in [0.5, 0.6) is 0 Å². The normalized spacial score (nSPS) is 17.8. The number of amides is 1. The Bertz CT molecular complexity index is 819. The second-order valence-electron chi connectivity index (χ2n) is 6.19. The number of benzene rings is 2. The molecule has 134 valence electrons. The standard InChI is InChI=1S/C20H18BrNO4/c1-13(19(24)14-5-3-2-4-6-14)26-20(25)15-11-18(23)22(12-15)17-9-7-16(21)8-10-17/h2-10,13,15H,11-12H2,1H3/t13-,15+/m1/s1. The lowest BCUT2D eigenvalue weighted by molar-refractivity contribution is -0.151. The molecule has 1 heterocycles. The van der Waals surface area contributed by atoms with Crippen LogP contribution in [0.3, 0.4) is 0 Å². The van der Waals surface area contributed by atoms with Crippen molar-refractivity contribution < 1.29 is 19.1 Å². The average Bonchev–Trinajstić information content (AvgIpc) is 3.04. The first kappa shape index (κ1) is 18.3. The summed E-state index contributed by atoms with van der Waals surface area (Å²) in [6.07, 6.45) is -0.803. The Hall–Kier alpha value is -2.47. The van der Waals surface area contributed by atoms with Crippen LogP contribution >= 0.6 is 15.9 Å². The van der Waals surface area contributed by atoms with Gasteiger partial charge in [-0.25, -0.2) is 0 Å². The third kappa shape index (κ3) is 4.02. The van der Waals surface area contributed by atoms with Crippen molar-refractivity contribution >= 4 is 39.3 Å². The summed E-state index contributed by atoms with van der Waals surface area (Å²) in [6, 6.07) is 16.0. The highest BCUT2D eigenvalue weighted by Crippen LogP contribution is 2.27. The predicted octanol–water partition coefficient (Wildman–Crippen LogP) is 3.62. The molecule has 1 saturated heterocycles. The molecule has 0 N–H and O–H groups in total. The SMILES string of the molecule is C[C@@H](OC(=O)[C@H]1CC(=O)N(c2ccc(Br)cc2)C1)C(=O)c1ccccc1. The molecule has 26 heavy (non-hydrogen) atoms. The number of carbonyl (C=O) groups is 3. The van der Waals surface area contributed by atoms with Crippen LogP contribution in [0.25, 0.3) is 0 Å². The molecule has 1 aliphatic heterocycles. The molecule has 1 amide bonds. The molecule has 0 aliphatic carbocycles. The fourth-order valence-electron chi connectivity index (χ4n) is 2.90. The molecule has 2 atom stereocenters. The van der Waals surface area contributed by atoms with E-state index >= 15 is 0 Å². The molecule has 0 aromatic heterocycles. The third-order valence-corrected chi connectivity index (χ3v) is 4.85. The van der Waals surface area contributed by atoms with E-state index in [2.05, 4.69) is 15.9 Å². The average molecular weight is 416 g/mol. The summed E-state index contributed by atoms with van der Waals surface area (Å²) >= 11 is 3.35. The predicted molar refractivity (Wildman–Crippen MR) is 101 cm³/mol. The second-order valence-corrected chi connectivity index (χ2v) is 7.11. The molecule has 6 heteroatoms. The number of esters is 1. The smallest absolute Gasteiger partial charge is 0.312 e. The van der Waals surface area contributed by atoms with Gasteiger partial charge in [-0.1, -0.05) is 46.3 Å². The molecule has 0 bridgehead atoms. The minimum atomic E-state index is -0.887. The topological polar surface area (TPSA) is 63.7 Å². The van der Waals surface area contributed by atoms with Crippen LogP contribution in [0, 0.1) is 5.92 Å². The molecule has 0 saturated carbocycles. The van der Waals surface area contributed by atoms with E-state index in [1.807, 2.05) is 30.3 Å². The summed E-state index contributed by atoms with van der Waals surface area (Å²) in [4.78, 5) is 38.6. The molecule has 0 spiro atoms. The maximum absolute atomic E-state index is 12.4. The van der Waals surface area contributed by atoms with Gasteiger partial charge in [0, 0.05) is 28.7 Å². The first-order chi connectivity index (χ1) is 12.5. The summed E-state index contributed by atoms with van der Waals surface area (Å²) in [5.41, 5.74) is 1.23. The number of hydrogen-bond donors (Lipinski definition) is 0. The molecule has 1 fully saturated rings. The van der Waals surface area contributed by atoms with Gasteiger partial charge in [-0.15, -0.1) is 0 Å². The molecular formula is C20H18BrNO4. The Morgan fingerprint density at radius 1 is 1.12 bits per heavy atom. The fourth-order valence-corrected chi connectivity index (χ4v) is 3.16. The van der Waals surface area contributed by atoms with Crippen molar-refractivity contribution in [3.05, 3.63) is 64.6 Å². The molecular weight excluding hydrogens is 398 g/mol. The Balaban J connectivity index is 1.63. The minimum Gasteiger partial charge on any atom is -0.454 e. The number of anilines is 1. The number of hydrogen-bond acceptors (Lipinski definition) is 4. The largest absolute Gasteiger partial charge is 0.454 e. The molecule has 1 aliphatic rings. The van der Waals surface area contributed by atoms with Crippen LogP contribution < -0.4 is 4.90 Å². The highest BCUT2D eigenvalue weighted by Gasteiger charge is 2.37. The van der Waals surface area contributed by atoms with E-state index in [0.717, 1.165) is 10.2 Å². The highest BCUT2D eigenvalue weighted by atomic mass is 79.9. The maximum Gasteiger partial charge on any atom is 0.312 e. The quantitative estimate of drug-likeness (QED) is 0.552. The molecule has 0 radical (unpaired) electrons. The molecule has 0 unspecified atom stereocenters. The lowest BCUT2D eigenvalue weighted by atomic mass is 10.1. The lowest BCUT2D eigenvalue weighted by Crippen LogP contribution is -2.30. The van der Waals surface area contributed by atoms with Crippen LogP contribution in [0.2, 0.25) is 0 Å². The zero-order valence-corrected chi connectivity index (χ0v) is 15.8. The number of halogens is 1. The van der Waals surface area contributed by atoms with E-state index in [1.165, 1.54) is 0 Å². The summed E-state index contributed by atoms with van der Waals surface area (Å²) in [5.74, 6) is -1.48. The van der Waals surface area contributed by atoms with E-state index in [1.54, 1.807) is 36.1 Å². The first-order valence-corrected chi connectivity index (χ1v) is 9.10. The van der Waals surface area contributed by atoms with Crippen LogP contribution in [-0.2, 0) is 14.3 Å². The summed E-state index contributed by atoms with van der Waals surface area (Å²) in [6.45, 7) is 1.81. The van der Waals surface area contributed by atoms with Gasteiger partial charge in [0.15, 0.2) is 6.10 Å². The van der Waals surface area contributed by atoms with Gasteiger partial charge < -0.3 is 9.64 Å². The van der Waals surface area contributed by atoms with Gasteiger partial charge in [0.2, 0.25) is 11.7 Å². The van der Waals surface area contributed by atoms with Crippen molar-refractivity contribution in [1.82, 2.24) is 0 Å². The molecule has 5 nitrogen and oxygen atoms in total. The zero-order valence-electron chi connectivity index (χ0n) is 14.2. The van der Waals surface area contributed by atoms with Gasteiger partial charge >= 0.3 is 5.97 Å². The van der Waals surface area contributed by atoms with Crippen molar-refractivity contribution in [3.8, 4) is 0 Å². The Labute approximate surface area is 160 Å². The van der Waals surface area contributed by atoms with Gasteiger partial charge in [0.1, 0.15) is 0 Å². The van der Waals surface area contributed by atoms with E-state index in [9.17, 15) is 14.4 Å². The van der Waals surface area contributed by atoms with Gasteiger partial charge in [-0.05, 0) is 31.2 Å². The van der Waals surface area contributed by atoms with E-state index in [0.29, 0.717) is 5.56 Å². The summed E-state index contributed by atoms with van der Waals surface area (Å²) in [7, 11) is 0. The van der Waals surface area contributed by atoms with Crippen molar-refractivity contribution in [1.29, 1.82) is 0 Å². The lowest BCUT2D eigenvalue weighted by Gasteiger charge is -2.18. The maximum atomic E-state index is 12.4. The van der Waals surface area contributed by atoms with Crippen LogP contribution in [0.15, 0.2) is 59.1 Å². The Morgan fingerprint density at radius 2 is 1.77 bits per heavy atom. The molecule has 2 aromatic rings. The van der Waals surface area contributed by atoms with Crippen molar-refractivity contribution in [2.24, 2.45) is 5.92 Å². The Kier molecular flexibility index (Phi) is 5.52. The monoisotopic (exact) mass is 415 g/mol. The highest BCUT2D eigenvalue weighted by molar-refractivity contribution is 9.10. The van der Waals surface area contributed by atoms with Crippen LogP contribution in [0.1, 0.15) is 23.7 Å². The number of nitrogens with zero attached hydrogens (tertiary/aromatic N) is 1. The van der Waals surface area contributed by atoms with Crippen LogP contribution in [-0.4, -0.2) is 30.3 Å². The van der Waals surface area contributed by atoms with Crippen molar-refractivity contribution in [3.63, 3.8) is 0 Å². The zero-order chi connectivity index (χ0) is 18.7. The third-order valence-electron chi connectivity index (χ3n) is 4.32. The fraction of sp³-hybridized carbons (Fsp3) is 0.250. The van der Waals surface area contributed by atoms with Gasteiger partial charge in [0.05, 0.1) is 5.92 Å². The van der Waals surface area contributed by atoms with Crippen LogP contribution in [0.4, 0.5) is 5.69 Å². The number of Topliss-reactive ketones (excluding diaryl/α,β-unsaturated/α-hetero) is 1. The van der Waals surface area contributed by atoms with Gasteiger partial charge in [-0.2, -0.15) is 0 Å².